The van der Waals surface area contributed by atoms with E-state index in [1.807, 2.05) is 13.0 Å². The van der Waals surface area contributed by atoms with Crippen LogP contribution in [0.2, 0.25) is 5.02 Å². The highest BCUT2D eigenvalue weighted by Crippen LogP contribution is 2.30. The zero-order chi connectivity index (χ0) is 19.4. The SMILES string of the molecule is Cc1ccc(Cl)cc1N=C1NC(=O)/C(=C/c2ccc(OCC(=O)[O-])cc2)S1. The lowest BCUT2D eigenvalue weighted by molar-refractivity contribution is -0.307. The standard InChI is InChI=1S/C19H15ClN2O4S/c1-11-2-5-13(20)9-15(11)21-19-22-18(25)16(27-19)8-12-3-6-14(7-4-12)26-10-17(23)24/h2-9H,10H2,1H3,(H,23,24)(H,21,22,25)/p-1/b16-8-. The second-order valence-electron chi connectivity index (χ2n) is 5.64. The summed E-state index contributed by atoms with van der Waals surface area (Å²) >= 11 is 7.23. The summed E-state index contributed by atoms with van der Waals surface area (Å²) in [5.74, 6) is -1.12. The molecule has 0 atom stereocenters. The largest absolute Gasteiger partial charge is 0.546 e. The number of aliphatic imine (C=N–C) groups is 1. The molecule has 1 saturated heterocycles. The molecule has 2 aromatic rings. The van der Waals surface area contributed by atoms with Crippen molar-refractivity contribution >= 4 is 52.2 Å². The number of halogens is 1. The Labute approximate surface area is 164 Å². The molecule has 1 amide bonds. The Bertz CT molecular complexity index is 955. The maximum atomic E-state index is 12.2. The third-order valence-electron chi connectivity index (χ3n) is 3.58. The molecule has 1 aliphatic rings. The Kier molecular flexibility index (Phi) is 5.83. The van der Waals surface area contributed by atoms with E-state index in [1.165, 1.54) is 11.8 Å². The van der Waals surface area contributed by atoms with Crippen molar-refractivity contribution in [3.63, 3.8) is 0 Å². The van der Waals surface area contributed by atoms with Crippen LogP contribution in [-0.4, -0.2) is 23.7 Å². The molecule has 8 heteroatoms. The number of carboxylic acid groups (broad SMARTS) is 1. The molecule has 0 radical (unpaired) electrons. The number of hydrogen-bond acceptors (Lipinski definition) is 6. The van der Waals surface area contributed by atoms with Crippen LogP contribution in [0.1, 0.15) is 11.1 Å². The van der Waals surface area contributed by atoms with E-state index >= 15 is 0 Å². The molecule has 0 aliphatic carbocycles. The van der Waals surface area contributed by atoms with Gasteiger partial charge in [0.05, 0.1) is 16.6 Å². The highest BCUT2D eigenvalue weighted by molar-refractivity contribution is 8.18. The lowest BCUT2D eigenvalue weighted by atomic mass is 10.2. The number of carbonyl (C=O) groups is 2. The Balaban J connectivity index is 1.74. The van der Waals surface area contributed by atoms with E-state index in [0.29, 0.717) is 26.5 Å². The first-order valence-corrected chi connectivity index (χ1v) is 9.08. The number of hydrogen-bond donors (Lipinski definition) is 1. The smallest absolute Gasteiger partial charge is 0.264 e. The molecule has 138 valence electrons. The topological polar surface area (TPSA) is 90.8 Å². The number of thioether (sulfide) groups is 1. The molecule has 0 saturated carbocycles. The normalized spacial score (nSPS) is 16.6. The minimum Gasteiger partial charge on any atom is -0.546 e. The first kappa shape index (κ1) is 19.0. The number of ether oxygens (including phenoxy) is 1. The first-order valence-electron chi connectivity index (χ1n) is 7.89. The minimum absolute atomic E-state index is 0.240. The van der Waals surface area contributed by atoms with Crippen LogP contribution in [0.3, 0.4) is 0 Å². The Morgan fingerprint density at radius 1 is 1.30 bits per heavy atom. The molecule has 0 unspecified atom stereocenters. The molecule has 27 heavy (non-hydrogen) atoms. The van der Waals surface area contributed by atoms with E-state index in [1.54, 1.807) is 42.5 Å². The number of nitrogens with one attached hydrogen (secondary N) is 1. The van der Waals surface area contributed by atoms with E-state index in [-0.39, 0.29) is 5.91 Å². The number of amidine groups is 1. The van der Waals surface area contributed by atoms with Crippen molar-refractivity contribution in [2.24, 2.45) is 4.99 Å². The maximum absolute atomic E-state index is 12.2. The number of carboxylic acids is 1. The van der Waals surface area contributed by atoms with Crippen LogP contribution in [0.15, 0.2) is 52.4 Å². The molecule has 0 spiro atoms. The second-order valence-corrected chi connectivity index (χ2v) is 7.11. The van der Waals surface area contributed by atoms with Crippen LogP contribution in [0.5, 0.6) is 5.75 Å². The third-order valence-corrected chi connectivity index (χ3v) is 4.72. The van der Waals surface area contributed by atoms with Crippen LogP contribution in [0.25, 0.3) is 6.08 Å². The van der Waals surface area contributed by atoms with Crippen molar-refractivity contribution in [3.05, 3.63) is 63.5 Å². The first-order chi connectivity index (χ1) is 12.9. The van der Waals surface area contributed by atoms with Gasteiger partial charge in [0, 0.05) is 5.02 Å². The highest BCUT2D eigenvalue weighted by Gasteiger charge is 2.24. The second kappa shape index (κ2) is 8.28. The molecular weight excluding hydrogens is 388 g/mol. The minimum atomic E-state index is -1.29. The molecule has 0 aromatic heterocycles. The van der Waals surface area contributed by atoms with Gasteiger partial charge < -0.3 is 20.0 Å². The van der Waals surface area contributed by atoms with Gasteiger partial charge in [-0.05, 0) is 60.2 Å². The molecule has 3 rings (SSSR count). The molecule has 1 heterocycles. The number of aryl methyl sites for hydroxylation is 1. The summed E-state index contributed by atoms with van der Waals surface area (Å²) in [6.45, 7) is 1.40. The summed E-state index contributed by atoms with van der Waals surface area (Å²) in [4.78, 5) is 27.5. The van der Waals surface area contributed by atoms with Gasteiger partial charge in [-0.25, -0.2) is 4.99 Å². The number of nitrogens with zero attached hydrogens (tertiary/aromatic N) is 1. The molecule has 0 bridgehead atoms. The van der Waals surface area contributed by atoms with Gasteiger partial charge in [-0.2, -0.15) is 0 Å². The van der Waals surface area contributed by atoms with Crippen molar-refractivity contribution in [1.82, 2.24) is 5.32 Å². The van der Waals surface area contributed by atoms with Crippen LogP contribution >= 0.6 is 23.4 Å². The molecule has 1 aliphatic heterocycles. The van der Waals surface area contributed by atoms with Crippen LogP contribution in [0, 0.1) is 6.92 Å². The van der Waals surface area contributed by atoms with Gasteiger partial charge >= 0.3 is 0 Å². The van der Waals surface area contributed by atoms with Gasteiger partial charge in [0.15, 0.2) is 5.17 Å². The average Bonchev–Trinajstić information content (AvgIpc) is 2.96. The predicted molar refractivity (Wildman–Crippen MR) is 104 cm³/mol. The van der Waals surface area contributed by atoms with Gasteiger partial charge in [0.25, 0.3) is 5.91 Å². The Morgan fingerprint density at radius 3 is 2.74 bits per heavy atom. The van der Waals surface area contributed by atoms with Crippen LogP contribution in [-0.2, 0) is 9.59 Å². The van der Waals surface area contributed by atoms with E-state index in [4.69, 9.17) is 16.3 Å². The van der Waals surface area contributed by atoms with Gasteiger partial charge in [0.1, 0.15) is 12.4 Å². The molecule has 1 fully saturated rings. The lowest BCUT2D eigenvalue weighted by Gasteiger charge is -2.06. The number of aliphatic carboxylic acids is 1. The van der Waals surface area contributed by atoms with Crippen molar-refractivity contribution in [2.75, 3.05) is 6.61 Å². The fraction of sp³-hybridized carbons (Fsp3) is 0.105. The summed E-state index contributed by atoms with van der Waals surface area (Å²) in [5.41, 5.74) is 2.42. The molecule has 2 aromatic carbocycles. The lowest BCUT2D eigenvalue weighted by Crippen LogP contribution is -2.28. The molecular formula is C19H14ClN2O4S-. The number of carbonyl (C=O) groups excluding carboxylic acids is 2. The average molecular weight is 402 g/mol. The quantitative estimate of drug-likeness (QED) is 0.778. The van der Waals surface area contributed by atoms with Crippen molar-refractivity contribution in [2.45, 2.75) is 6.92 Å². The summed E-state index contributed by atoms with van der Waals surface area (Å²) in [5, 5.41) is 14.2. The third kappa shape index (κ3) is 5.12. The summed E-state index contributed by atoms with van der Waals surface area (Å²) < 4.78 is 5.02. The maximum Gasteiger partial charge on any atom is 0.264 e. The monoisotopic (exact) mass is 401 g/mol. The van der Waals surface area contributed by atoms with Gasteiger partial charge in [-0.1, -0.05) is 29.8 Å². The van der Waals surface area contributed by atoms with E-state index in [2.05, 4.69) is 10.3 Å². The van der Waals surface area contributed by atoms with Crippen molar-refractivity contribution in [3.8, 4) is 5.75 Å². The Morgan fingerprint density at radius 2 is 2.04 bits per heavy atom. The number of benzene rings is 2. The van der Waals surface area contributed by atoms with Crippen LogP contribution in [0.4, 0.5) is 5.69 Å². The van der Waals surface area contributed by atoms with E-state index in [9.17, 15) is 14.7 Å². The zero-order valence-electron chi connectivity index (χ0n) is 14.2. The fourth-order valence-corrected chi connectivity index (χ4v) is 3.25. The Hall–Kier alpha value is -2.77. The van der Waals surface area contributed by atoms with E-state index in [0.717, 1.165) is 11.1 Å². The molecule has 6 nitrogen and oxygen atoms in total. The van der Waals surface area contributed by atoms with Gasteiger partial charge in [0.2, 0.25) is 0 Å². The van der Waals surface area contributed by atoms with Crippen molar-refractivity contribution in [1.29, 1.82) is 0 Å². The summed E-state index contributed by atoms with van der Waals surface area (Å²) in [7, 11) is 0. The van der Waals surface area contributed by atoms with Gasteiger partial charge in [-0.3, -0.25) is 4.79 Å². The number of amides is 1. The fourth-order valence-electron chi connectivity index (χ4n) is 2.25. The summed E-state index contributed by atoms with van der Waals surface area (Å²) in [6.07, 6.45) is 1.72. The van der Waals surface area contributed by atoms with Crippen molar-refractivity contribution < 1.29 is 19.4 Å². The van der Waals surface area contributed by atoms with Gasteiger partial charge in [-0.15, -0.1) is 0 Å². The summed E-state index contributed by atoms with van der Waals surface area (Å²) in [6, 6.07) is 12.1. The van der Waals surface area contributed by atoms with E-state index < -0.39 is 12.6 Å². The number of rotatable bonds is 5. The predicted octanol–water partition coefficient (Wildman–Crippen LogP) is 2.67. The highest BCUT2D eigenvalue weighted by atomic mass is 35.5. The van der Waals surface area contributed by atoms with Crippen LogP contribution < -0.4 is 15.2 Å². The zero-order valence-corrected chi connectivity index (χ0v) is 15.8. The molecule has 1 N–H and O–H groups in total.